The van der Waals surface area contributed by atoms with Gasteiger partial charge in [-0.3, -0.25) is 4.90 Å². The van der Waals surface area contributed by atoms with Gasteiger partial charge in [-0.25, -0.2) is 8.42 Å². The molecule has 4 nitrogen and oxygen atoms in total. The van der Waals surface area contributed by atoms with Crippen LogP contribution in [0.25, 0.3) is 0 Å². The molecule has 118 valence electrons. The van der Waals surface area contributed by atoms with E-state index in [1.165, 1.54) is 11.8 Å². The quantitative estimate of drug-likeness (QED) is 0.893. The second kappa shape index (κ2) is 7.13. The summed E-state index contributed by atoms with van der Waals surface area (Å²) in [4.78, 5) is 2.07. The second-order valence-corrected chi connectivity index (χ2v) is 9.00. The van der Waals surface area contributed by atoms with Crippen molar-refractivity contribution in [2.45, 2.75) is 24.8 Å². The number of hydrogen-bond donors (Lipinski definition) is 1. The summed E-state index contributed by atoms with van der Waals surface area (Å²) in [7, 11) is -3.03. The lowest BCUT2D eigenvalue weighted by Gasteiger charge is -2.34. The third kappa shape index (κ3) is 4.45. The molecule has 0 bridgehead atoms. The highest BCUT2D eigenvalue weighted by Crippen LogP contribution is 2.23. The first-order chi connectivity index (χ1) is 9.89. The molecule has 21 heavy (non-hydrogen) atoms. The zero-order chi connectivity index (χ0) is 15.5. The molecular weight excluding hydrogens is 304 g/mol. The Morgan fingerprint density at radius 2 is 2.14 bits per heavy atom. The van der Waals surface area contributed by atoms with Gasteiger partial charge in [0.1, 0.15) is 5.37 Å². The molecule has 1 aromatic carbocycles. The van der Waals surface area contributed by atoms with Gasteiger partial charge >= 0.3 is 0 Å². The summed E-state index contributed by atoms with van der Waals surface area (Å²) in [6.45, 7) is 3.61. The molecule has 1 heterocycles. The average Bonchev–Trinajstić information content (AvgIpc) is 2.44. The normalized spacial score (nSPS) is 22.1. The number of hydrogen-bond acceptors (Lipinski definition) is 5. The standard InChI is InChI=1S/C15H24N2O2S2/c1-12-5-3-4-6-13(12)14(16)7-8-17-9-10-20-11-15(17)21(2,18)19/h3-6,14-15H,7-11,16H2,1-2H3. The summed E-state index contributed by atoms with van der Waals surface area (Å²) < 4.78 is 23.8. The number of thioether (sulfide) groups is 1. The van der Waals surface area contributed by atoms with Crippen LogP contribution in [0.4, 0.5) is 0 Å². The highest BCUT2D eigenvalue weighted by Gasteiger charge is 2.30. The van der Waals surface area contributed by atoms with E-state index in [9.17, 15) is 8.42 Å². The lowest BCUT2D eigenvalue weighted by Crippen LogP contribution is -2.47. The van der Waals surface area contributed by atoms with Crippen molar-refractivity contribution in [2.75, 3.05) is 30.9 Å². The Kier molecular flexibility index (Phi) is 5.71. The van der Waals surface area contributed by atoms with Gasteiger partial charge in [-0.05, 0) is 24.5 Å². The van der Waals surface area contributed by atoms with E-state index in [1.807, 2.05) is 12.1 Å². The Labute approximate surface area is 132 Å². The number of sulfone groups is 1. The van der Waals surface area contributed by atoms with Crippen LogP contribution in [-0.4, -0.2) is 49.5 Å². The molecule has 1 aliphatic rings. The molecule has 0 spiro atoms. The van der Waals surface area contributed by atoms with E-state index in [2.05, 4.69) is 24.0 Å². The van der Waals surface area contributed by atoms with Crippen molar-refractivity contribution in [1.29, 1.82) is 0 Å². The maximum Gasteiger partial charge on any atom is 0.164 e. The summed E-state index contributed by atoms with van der Waals surface area (Å²) in [5, 5.41) is -0.361. The van der Waals surface area contributed by atoms with Crippen molar-refractivity contribution < 1.29 is 8.42 Å². The number of nitrogens with two attached hydrogens (primary N) is 1. The SMILES string of the molecule is Cc1ccccc1C(N)CCN1CCSCC1S(C)(=O)=O. The molecule has 1 aromatic rings. The summed E-state index contributed by atoms with van der Waals surface area (Å²) in [6.07, 6.45) is 2.11. The molecular formula is C15H24N2O2S2. The fraction of sp³-hybridized carbons (Fsp3) is 0.600. The van der Waals surface area contributed by atoms with E-state index in [-0.39, 0.29) is 11.4 Å². The third-order valence-corrected chi connectivity index (χ3v) is 6.69. The van der Waals surface area contributed by atoms with Crippen LogP contribution in [0.3, 0.4) is 0 Å². The highest BCUT2D eigenvalue weighted by molar-refractivity contribution is 8.00. The molecule has 0 saturated carbocycles. The molecule has 1 fully saturated rings. The maximum absolute atomic E-state index is 11.9. The zero-order valence-corrected chi connectivity index (χ0v) is 14.3. The molecule has 6 heteroatoms. The van der Waals surface area contributed by atoms with Crippen molar-refractivity contribution in [2.24, 2.45) is 5.73 Å². The predicted molar refractivity (Wildman–Crippen MR) is 90.3 cm³/mol. The largest absolute Gasteiger partial charge is 0.324 e. The van der Waals surface area contributed by atoms with Gasteiger partial charge in [0.15, 0.2) is 9.84 Å². The smallest absolute Gasteiger partial charge is 0.164 e. The Morgan fingerprint density at radius 3 is 2.81 bits per heavy atom. The van der Waals surface area contributed by atoms with Crippen molar-refractivity contribution >= 4 is 21.6 Å². The van der Waals surface area contributed by atoms with Crippen LogP contribution in [0.5, 0.6) is 0 Å². The zero-order valence-electron chi connectivity index (χ0n) is 12.7. The first-order valence-corrected chi connectivity index (χ1v) is 10.3. The van der Waals surface area contributed by atoms with Crippen LogP contribution in [-0.2, 0) is 9.84 Å². The minimum Gasteiger partial charge on any atom is -0.324 e. The van der Waals surface area contributed by atoms with E-state index in [1.54, 1.807) is 11.8 Å². The minimum absolute atomic E-state index is 0.0408. The van der Waals surface area contributed by atoms with Crippen LogP contribution in [0.2, 0.25) is 0 Å². The fourth-order valence-electron chi connectivity index (χ4n) is 2.73. The molecule has 2 rings (SSSR count). The molecule has 1 aliphatic heterocycles. The number of rotatable bonds is 5. The van der Waals surface area contributed by atoms with Gasteiger partial charge in [0.05, 0.1) is 0 Å². The van der Waals surface area contributed by atoms with Gasteiger partial charge in [-0.1, -0.05) is 24.3 Å². The van der Waals surface area contributed by atoms with Gasteiger partial charge in [-0.2, -0.15) is 11.8 Å². The van der Waals surface area contributed by atoms with E-state index >= 15 is 0 Å². The van der Waals surface area contributed by atoms with Gasteiger partial charge in [0.2, 0.25) is 0 Å². The van der Waals surface area contributed by atoms with E-state index in [4.69, 9.17) is 5.73 Å². The van der Waals surface area contributed by atoms with Gasteiger partial charge in [0, 0.05) is 36.9 Å². The van der Waals surface area contributed by atoms with Crippen molar-refractivity contribution in [3.05, 3.63) is 35.4 Å². The summed E-state index contributed by atoms with van der Waals surface area (Å²) in [5.41, 5.74) is 8.63. The molecule has 2 unspecified atom stereocenters. The molecule has 1 saturated heterocycles. The number of aryl methyl sites for hydroxylation is 1. The van der Waals surface area contributed by atoms with E-state index in [0.29, 0.717) is 5.75 Å². The van der Waals surface area contributed by atoms with E-state index in [0.717, 1.165) is 30.8 Å². The van der Waals surface area contributed by atoms with Crippen LogP contribution < -0.4 is 5.73 Å². The monoisotopic (exact) mass is 328 g/mol. The molecule has 2 N–H and O–H groups in total. The number of benzene rings is 1. The predicted octanol–water partition coefficient (Wildman–Crippen LogP) is 1.80. The molecule has 0 aromatic heterocycles. The third-order valence-electron chi connectivity index (χ3n) is 4.00. The van der Waals surface area contributed by atoms with Gasteiger partial charge in [0.25, 0.3) is 0 Å². The molecule has 2 atom stereocenters. The summed E-state index contributed by atoms with van der Waals surface area (Å²) in [5.74, 6) is 1.66. The highest BCUT2D eigenvalue weighted by atomic mass is 32.2. The Morgan fingerprint density at radius 1 is 1.43 bits per heavy atom. The van der Waals surface area contributed by atoms with E-state index < -0.39 is 9.84 Å². The van der Waals surface area contributed by atoms with Crippen LogP contribution in [0, 0.1) is 6.92 Å². The lowest BCUT2D eigenvalue weighted by molar-refractivity contribution is 0.260. The lowest BCUT2D eigenvalue weighted by atomic mass is 9.99. The maximum atomic E-state index is 11.9. The average molecular weight is 329 g/mol. The minimum atomic E-state index is -3.03. The Bertz CT molecular complexity index is 575. The van der Waals surface area contributed by atoms with Crippen molar-refractivity contribution in [3.8, 4) is 0 Å². The molecule has 0 amide bonds. The first-order valence-electron chi connectivity index (χ1n) is 7.21. The fourth-order valence-corrected chi connectivity index (χ4v) is 5.70. The van der Waals surface area contributed by atoms with Gasteiger partial charge in [-0.15, -0.1) is 0 Å². The second-order valence-electron chi connectivity index (χ2n) is 5.65. The van der Waals surface area contributed by atoms with Gasteiger partial charge < -0.3 is 5.73 Å². The van der Waals surface area contributed by atoms with Crippen LogP contribution >= 0.6 is 11.8 Å². The van der Waals surface area contributed by atoms with Crippen LogP contribution in [0.15, 0.2) is 24.3 Å². The van der Waals surface area contributed by atoms with Crippen molar-refractivity contribution in [1.82, 2.24) is 4.90 Å². The molecule has 0 aliphatic carbocycles. The Hall–Kier alpha value is -0.560. The van der Waals surface area contributed by atoms with Crippen molar-refractivity contribution in [3.63, 3.8) is 0 Å². The number of nitrogens with zero attached hydrogens (tertiary/aromatic N) is 1. The Balaban J connectivity index is 1.99. The molecule has 0 radical (unpaired) electrons. The van der Waals surface area contributed by atoms with Crippen LogP contribution in [0.1, 0.15) is 23.6 Å². The summed E-state index contributed by atoms with van der Waals surface area (Å²) in [6, 6.07) is 8.08. The summed E-state index contributed by atoms with van der Waals surface area (Å²) >= 11 is 1.71. The first kappa shape index (κ1) is 16.8. The topological polar surface area (TPSA) is 63.4 Å².